The van der Waals surface area contributed by atoms with Gasteiger partial charge in [-0.3, -0.25) is 14.4 Å². The number of hydrogen-bond acceptors (Lipinski definition) is 3. The summed E-state index contributed by atoms with van der Waals surface area (Å²) in [6, 6.07) is 3.64. The molecule has 4 fully saturated rings. The first kappa shape index (κ1) is 16.8. The molecule has 4 heterocycles. The van der Waals surface area contributed by atoms with E-state index in [0.29, 0.717) is 18.4 Å². The lowest BCUT2D eigenvalue weighted by Crippen LogP contribution is -2.62. The Balaban J connectivity index is 1.28. The summed E-state index contributed by atoms with van der Waals surface area (Å²) in [6.07, 6.45) is 8.40. The van der Waals surface area contributed by atoms with Crippen molar-refractivity contribution in [2.24, 2.45) is 17.8 Å². The van der Waals surface area contributed by atoms with Gasteiger partial charge < -0.3 is 4.90 Å². The Morgan fingerprint density at radius 3 is 2.54 bits per heavy atom. The van der Waals surface area contributed by atoms with Crippen molar-refractivity contribution in [3.63, 3.8) is 0 Å². The normalized spacial score (nSPS) is 34.6. The first-order valence-electron chi connectivity index (χ1n) is 10.6. The largest absolute Gasteiger partial charge is 0.340 e. The van der Waals surface area contributed by atoms with Gasteiger partial charge in [0.25, 0.3) is 0 Å². The molecular weight excluding hydrogens is 324 g/mol. The molecule has 1 aromatic heterocycles. The number of amides is 1. The third kappa shape index (κ3) is 2.98. The number of aryl methyl sites for hydroxylation is 2. The summed E-state index contributed by atoms with van der Waals surface area (Å²) in [5.41, 5.74) is 2.08. The van der Waals surface area contributed by atoms with Crippen LogP contribution in [0.1, 0.15) is 49.9 Å². The van der Waals surface area contributed by atoms with E-state index in [9.17, 15) is 4.79 Å². The Morgan fingerprint density at radius 1 is 1.08 bits per heavy atom. The van der Waals surface area contributed by atoms with Gasteiger partial charge in [-0.05, 0) is 69.8 Å². The van der Waals surface area contributed by atoms with E-state index in [2.05, 4.69) is 21.0 Å². The van der Waals surface area contributed by atoms with Gasteiger partial charge in [-0.1, -0.05) is 6.42 Å². The summed E-state index contributed by atoms with van der Waals surface area (Å²) in [7, 11) is 0. The van der Waals surface area contributed by atoms with Crippen molar-refractivity contribution in [2.45, 2.75) is 71.0 Å². The maximum absolute atomic E-state index is 13.0. The van der Waals surface area contributed by atoms with Gasteiger partial charge >= 0.3 is 0 Å². The van der Waals surface area contributed by atoms with Crippen LogP contribution in [-0.2, 0) is 11.3 Å². The Bertz CT molecular complexity index is 694. The molecule has 3 aliphatic heterocycles. The molecular formula is C21H32N4O. The van der Waals surface area contributed by atoms with Crippen LogP contribution in [0.3, 0.4) is 0 Å². The highest BCUT2D eigenvalue weighted by Crippen LogP contribution is 2.46. The van der Waals surface area contributed by atoms with Gasteiger partial charge in [0.05, 0.1) is 5.69 Å². The highest BCUT2D eigenvalue weighted by molar-refractivity contribution is 5.76. The molecule has 1 saturated carbocycles. The van der Waals surface area contributed by atoms with Crippen molar-refractivity contribution in [1.29, 1.82) is 0 Å². The van der Waals surface area contributed by atoms with E-state index in [1.807, 2.05) is 18.5 Å². The number of carbonyl (C=O) groups is 1. The van der Waals surface area contributed by atoms with E-state index >= 15 is 0 Å². The van der Waals surface area contributed by atoms with Gasteiger partial charge in [0.1, 0.15) is 6.54 Å². The molecule has 5 heteroatoms. The molecule has 0 radical (unpaired) electrons. The first-order valence-corrected chi connectivity index (χ1v) is 10.6. The summed E-state index contributed by atoms with van der Waals surface area (Å²) in [5, 5.41) is 4.48. The van der Waals surface area contributed by atoms with Crippen molar-refractivity contribution in [1.82, 2.24) is 19.6 Å². The molecule has 5 rings (SSSR count). The zero-order valence-corrected chi connectivity index (χ0v) is 16.2. The molecule has 1 aliphatic carbocycles. The predicted octanol–water partition coefficient (Wildman–Crippen LogP) is 2.61. The molecule has 2 bridgehead atoms. The Morgan fingerprint density at radius 2 is 1.85 bits per heavy atom. The van der Waals surface area contributed by atoms with Crippen LogP contribution in [-0.4, -0.2) is 57.2 Å². The summed E-state index contributed by atoms with van der Waals surface area (Å²) >= 11 is 0. The summed E-state index contributed by atoms with van der Waals surface area (Å²) in [6.45, 7) is 7.58. The highest BCUT2D eigenvalue weighted by atomic mass is 16.2. The minimum absolute atomic E-state index is 0.258. The molecule has 1 aromatic rings. The molecule has 1 amide bonds. The van der Waals surface area contributed by atoms with Gasteiger partial charge in [-0.2, -0.15) is 5.10 Å². The number of piperidine rings is 3. The monoisotopic (exact) mass is 356 g/mol. The van der Waals surface area contributed by atoms with Gasteiger partial charge in [0, 0.05) is 37.4 Å². The van der Waals surface area contributed by atoms with E-state index in [1.54, 1.807) is 0 Å². The van der Waals surface area contributed by atoms with Crippen LogP contribution in [0.15, 0.2) is 6.07 Å². The van der Waals surface area contributed by atoms with Crippen LogP contribution >= 0.6 is 0 Å². The fraction of sp³-hybridized carbons (Fsp3) is 0.810. The van der Waals surface area contributed by atoms with Gasteiger partial charge in [0.2, 0.25) is 5.91 Å². The van der Waals surface area contributed by atoms with Crippen LogP contribution in [0, 0.1) is 31.6 Å². The van der Waals surface area contributed by atoms with Crippen molar-refractivity contribution in [2.75, 3.05) is 19.6 Å². The van der Waals surface area contributed by atoms with Crippen molar-refractivity contribution < 1.29 is 4.79 Å². The van der Waals surface area contributed by atoms with Crippen molar-refractivity contribution in [3.8, 4) is 0 Å². The number of hydrogen-bond donors (Lipinski definition) is 0. The second-order valence-corrected chi connectivity index (χ2v) is 9.35. The molecule has 5 nitrogen and oxygen atoms in total. The summed E-state index contributed by atoms with van der Waals surface area (Å²) in [4.78, 5) is 18.0. The van der Waals surface area contributed by atoms with Crippen LogP contribution < -0.4 is 0 Å². The molecule has 4 atom stereocenters. The van der Waals surface area contributed by atoms with Crippen LogP contribution in [0.5, 0.6) is 0 Å². The first-order chi connectivity index (χ1) is 12.6. The van der Waals surface area contributed by atoms with Crippen LogP contribution in [0.25, 0.3) is 0 Å². The van der Waals surface area contributed by atoms with Gasteiger partial charge in [-0.25, -0.2) is 0 Å². The van der Waals surface area contributed by atoms with E-state index in [-0.39, 0.29) is 5.91 Å². The summed E-state index contributed by atoms with van der Waals surface area (Å²) in [5.74, 6) is 2.61. The van der Waals surface area contributed by atoms with E-state index in [0.717, 1.165) is 42.5 Å². The third-order valence-electron chi connectivity index (χ3n) is 7.34. The van der Waals surface area contributed by atoms with Crippen molar-refractivity contribution >= 4 is 5.91 Å². The number of fused-ring (bicyclic) bond motifs is 4. The highest BCUT2D eigenvalue weighted by Gasteiger charge is 2.48. The minimum Gasteiger partial charge on any atom is -0.340 e. The molecule has 0 spiro atoms. The Kier molecular flexibility index (Phi) is 4.11. The minimum atomic E-state index is 0.258. The number of nitrogens with zero attached hydrogens (tertiary/aromatic N) is 4. The number of carbonyl (C=O) groups excluding carboxylic acids is 1. The maximum atomic E-state index is 13.0. The van der Waals surface area contributed by atoms with E-state index < -0.39 is 0 Å². The molecule has 3 saturated heterocycles. The Labute approximate surface area is 156 Å². The number of likely N-dealkylation sites (tertiary alicyclic amines) is 1. The summed E-state index contributed by atoms with van der Waals surface area (Å²) < 4.78 is 1.87. The molecule has 4 aliphatic rings. The second kappa shape index (κ2) is 6.36. The lowest BCUT2D eigenvalue weighted by atomic mass is 9.74. The van der Waals surface area contributed by atoms with Crippen LogP contribution in [0.2, 0.25) is 0 Å². The van der Waals surface area contributed by atoms with E-state index in [4.69, 9.17) is 0 Å². The second-order valence-electron chi connectivity index (χ2n) is 9.35. The SMILES string of the molecule is Cc1cc(C)n(CC(=O)N2C[C@@H]3C[C@H](C2)[C@@H]2CCC[C@H](C4CC4)N2C3)n1. The zero-order valence-electron chi connectivity index (χ0n) is 16.2. The van der Waals surface area contributed by atoms with E-state index in [1.165, 1.54) is 45.1 Å². The lowest BCUT2D eigenvalue weighted by molar-refractivity contribution is -0.140. The number of aromatic nitrogens is 2. The fourth-order valence-electron chi connectivity index (χ4n) is 6.10. The lowest BCUT2D eigenvalue weighted by Gasteiger charge is -2.55. The quantitative estimate of drug-likeness (QED) is 0.836. The average molecular weight is 357 g/mol. The van der Waals surface area contributed by atoms with Gasteiger partial charge in [0.15, 0.2) is 0 Å². The zero-order chi connectivity index (χ0) is 17.8. The topological polar surface area (TPSA) is 41.4 Å². The standard InChI is InChI=1S/C21H32N4O/c1-14-8-15(2)25(22-14)13-21(26)23-10-16-9-18(12-23)20-5-3-4-19(17-6-7-17)24(20)11-16/h8,16-20H,3-7,9-13H2,1-2H3/t16-,18+,19+,20-/m0/s1. The van der Waals surface area contributed by atoms with Gasteiger partial charge in [-0.15, -0.1) is 0 Å². The predicted molar refractivity (Wildman–Crippen MR) is 101 cm³/mol. The molecule has 0 unspecified atom stereocenters. The third-order valence-corrected chi connectivity index (χ3v) is 7.34. The smallest absolute Gasteiger partial charge is 0.244 e. The maximum Gasteiger partial charge on any atom is 0.244 e. The average Bonchev–Trinajstić information content (AvgIpc) is 3.40. The number of rotatable bonds is 3. The molecule has 0 N–H and O–H groups in total. The molecule has 142 valence electrons. The molecule has 26 heavy (non-hydrogen) atoms. The van der Waals surface area contributed by atoms with Crippen molar-refractivity contribution in [3.05, 3.63) is 17.5 Å². The molecule has 0 aromatic carbocycles. The fourth-order valence-corrected chi connectivity index (χ4v) is 6.10. The Hall–Kier alpha value is -1.36. The van der Waals surface area contributed by atoms with Crippen LogP contribution in [0.4, 0.5) is 0 Å².